The molecule has 1 fully saturated rings. The van der Waals surface area contributed by atoms with Gasteiger partial charge in [-0.3, -0.25) is 19.5 Å². The summed E-state index contributed by atoms with van der Waals surface area (Å²) < 4.78 is 0. The van der Waals surface area contributed by atoms with Crippen LogP contribution in [0.5, 0.6) is 0 Å². The standard InChI is InChI=1S/C25H41N3O4S/c1-24(2,3)19-13-18(23(33)20(14-19)25(4,5)6)15-26-7-9-27(16-21(29)30)11-12-28(10-8-26)17-22(31)32/h13-14,33H,7-12,15-17H2,1-6H3,(H,29,30)(H,31,32)/p-1. The van der Waals surface area contributed by atoms with Crippen molar-refractivity contribution in [2.24, 2.45) is 0 Å². The first kappa shape index (κ1) is 27.6. The number of carboxylic acid groups (broad SMARTS) is 2. The van der Waals surface area contributed by atoms with Crippen molar-refractivity contribution in [2.45, 2.75) is 63.8 Å². The fourth-order valence-corrected chi connectivity index (χ4v) is 4.63. The van der Waals surface area contributed by atoms with Crippen molar-refractivity contribution in [3.8, 4) is 0 Å². The Balaban J connectivity index is 2.35. The predicted molar refractivity (Wildman–Crippen MR) is 132 cm³/mol. The molecule has 1 aromatic carbocycles. The van der Waals surface area contributed by atoms with E-state index in [0.717, 1.165) is 10.5 Å². The third-order valence-corrected chi connectivity index (χ3v) is 6.69. The van der Waals surface area contributed by atoms with E-state index in [0.29, 0.717) is 45.8 Å². The normalized spacial score (nSPS) is 17.9. The molecule has 0 aromatic heterocycles. The van der Waals surface area contributed by atoms with Gasteiger partial charge in [0.25, 0.3) is 0 Å². The predicted octanol–water partition coefficient (Wildman–Crippen LogP) is 1.82. The van der Waals surface area contributed by atoms with Crippen LogP contribution < -0.4 is 5.11 Å². The van der Waals surface area contributed by atoms with Crippen LogP contribution >= 0.6 is 12.6 Å². The molecular formula is C25H40N3O4S-. The number of carboxylic acids is 2. The minimum absolute atomic E-state index is 0.00640. The molecule has 186 valence electrons. The highest BCUT2D eigenvalue weighted by atomic mass is 32.1. The summed E-state index contributed by atoms with van der Waals surface area (Å²) in [6.45, 7) is 17.3. The van der Waals surface area contributed by atoms with Crippen LogP contribution in [0, 0.1) is 0 Å². The molecule has 0 amide bonds. The highest BCUT2D eigenvalue weighted by Crippen LogP contribution is 2.36. The average molecular weight is 479 g/mol. The lowest BCUT2D eigenvalue weighted by Gasteiger charge is -2.31. The minimum Gasteiger partial charge on any atom is -0.549 e. The van der Waals surface area contributed by atoms with Gasteiger partial charge in [0.1, 0.15) is 0 Å². The summed E-state index contributed by atoms with van der Waals surface area (Å²) in [6, 6.07) is 4.50. The number of benzene rings is 1. The van der Waals surface area contributed by atoms with Crippen LogP contribution in [0.1, 0.15) is 58.2 Å². The van der Waals surface area contributed by atoms with Crippen LogP contribution in [-0.4, -0.2) is 84.1 Å². The van der Waals surface area contributed by atoms with E-state index in [1.165, 1.54) is 11.1 Å². The fraction of sp³-hybridized carbons (Fsp3) is 0.680. The van der Waals surface area contributed by atoms with Crippen molar-refractivity contribution in [3.63, 3.8) is 0 Å². The Morgan fingerprint density at radius 2 is 1.36 bits per heavy atom. The van der Waals surface area contributed by atoms with Gasteiger partial charge in [-0.2, -0.15) is 0 Å². The van der Waals surface area contributed by atoms with Crippen molar-refractivity contribution in [2.75, 3.05) is 52.4 Å². The summed E-state index contributed by atoms with van der Waals surface area (Å²) in [4.78, 5) is 29.5. The van der Waals surface area contributed by atoms with Gasteiger partial charge in [0.05, 0.1) is 12.5 Å². The summed E-state index contributed by atoms with van der Waals surface area (Å²) >= 11 is 4.93. The van der Waals surface area contributed by atoms with Crippen LogP contribution in [0.4, 0.5) is 0 Å². The summed E-state index contributed by atoms with van der Waals surface area (Å²) in [5.41, 5.74) is 3.56. The quantitative estimate of drug-likeness (QED) is 0.603. The zero-order valence-corrected chi connectivity index (χ0v) is 21.9. The molecule has 7 nitrogen and oxygen atoms in total. The molecule has 0 spiro atoms. The van der Waals surface area contributed by atoms with Crippen LogP contribution in [0.3, 0.4) is 0 Å². The van der Waals surface area contributed by atoms with Gasteiger partial charge in [-0.25, -0.2) is 0 Å². The van der Waals surface area contributed by atoms with Gasteiger partial charge in [-0.1, -0.05) is 53.7 Å². The number of nitrogens with zero attached hydrogens (tertiary/aromatic N) is 3. The van der Waals surface area contributed by atoms with Crippen molar-refractivity contribution in [1.82, 2.24) is 14.7 Å². The number of hydrogen-bond donors (Lipinski definition) is 2. The second-order valence-electron chi connectivity index (χ2n) is 11.1. The first-order chi connectivity index (χ1) is 15.2. The number of thiol groups is 1. The molecule has 0 atom stereocenters. The van der Waals surface area contributed by atoms with Crippen LogP contribution in [0.15, 0.2) is 17.0 Å². The largest absolute Gasteiger partial charge is 0.549 e. The number of carbonyl (C=O) groups excluding carboxylic acids is 1. The van der Waals surface area contributed by atoms with Gasteiger partial charge in [0, 0.05) is 57.3 Å². The molecule has 0 unspecified atom stereocenters. The van der Waals surface area contributed by atoms with Crippen molar-refractivity contribution < 1.29 is 19.8 Å². The number of hydrogen-bond acceptors (Lipinski definition) is 7. The molecule has 33 heavy (non-hydrogen) atoms. The first-order valence-electron chi connectivity index (χ1n) is 11.6. The number of aliphatic carboxylic acids is 2. The summed E-state index contributed by atoms with van der Waals surface area (Å²) in [5, 5.41) is 20.5. The van der Waals surface area contributed by atoms with E-state index in [2.05, 4.69) is 58.6 Å². The Hall–Kier alpha value is -1.61. The van der Waals surface area contributed by atoms with Crippen LogP contribution in [0.2, 0.25) is 0 Å². The Kier molecular flexibility index (Phi) is 9.39. The smallest absolute Gasteiger partial charge is 0.317 e. The summed E-state index contributed by atoms with van der Waals surface area (Å²) in [6.07, 6.45) is 0. The second-order valence-corrected chi connectivity index (χ2v) is 11.6. The van der Waals surface area contributed by atoms with Gasteiger partial charge >= 0.3 is 5.97 Å². The molecule has 1 saturated heterocycles. The molecule has 0 saturated carbocycles. The Morgan fingerprint density at radius 3 is 1.79 bits per heavy atom. The molecule has 0 radical (unpaired) electrons. The molecule has 0 bridgehead atoms. The molecular weight excluding hydrogens is 438 g/mol. The van der Waals surface area contributed by atoms with E-state index >= 15 is 0 Å². The van der Waals surface area contributed by atoms with E-state index in [4.69, 9.17) is 12.6 Å². The molecule has 8 heteroatoms. The molecule has 1 N–H and O–H groups in total. The third kappa shape index (κ3) is 8.59. The maximum Gasteiger partial charge on any atom is 0.317 e. The molecule has 2 rings (SSSR count). The van der Waals surface area contributed by atoms with Crippen molar-refractivity contribution >= 4 is 24.6 Å². The zero-order chi connectivity index (χ0) is 25.0. The molecule has 1 heterocycles. The Morgan fingerprint density at radius 1 is 0.879 bits per heavy atom. The maximum absolute atomic E-state index is 11.3. The Labute approximate surface area is 204 Å². The van der Waals surface area contributed by atoms with Crippen molar-refractivity contribution in [3.05, 3.63) is 28.8 Å². The van der Waals surface area contributed by atoms with Crippen molar-refractivity contribution in [1.29, 1.82) is 0 Å². The van der Waals surface area contributed by atoms with Gasteiger partial charge in [0.15, 0.2) is 0 Å². The first-order valence-corrected chi connectivity index (χ1v) is 12.1. The van der Waals surface area contributed by atoms with Gasteiger partial charge < -0.3 is 15.0 Å². The van der Waals surface area contributed by atoms with Gasteiger partial charge in [-0.15, -0.1) is 12.6 Å². The molecule has 1 aromatic rings. The molecule has 0 aliphatic carbocycles. The molecule has 1 aliphatic rings. The maximum atomic E-state index is 11.3. The average Bonchev–Trinajstić information content (AvgIpc) is 2.73. The summed E-state index contributed by atoms with van der Waals surface area (Å²) in [5.74, 6) is -1.99. The van der Waals surface area contributed by atoms with E-state index < -0.39 is 11.9 Å². The highest BCUT2D eigenvalue weighted by Gasteiger charge is 2.25. The van der Waals surface area contributed by atoms with E-state index in [9.17, 15) is 19.8 Å². The zero-order valence-electron chi connectivity index (χ0n) is 21.0. The number of carbonyl (C=O) groups is 2. The highest BCUT2D eigenvalue weighted by molar-refractivity contribution is 7.80. The molecule has 1 aliphatic heterocycles. The summed E-state index contributed by atoms with van der Waals surface area (Å²) in [7, 11) is 0. The van der Waals surface area contributed by atoms with Crippen LogP contribution in [0.25, 0.3) is 0 Å². The van der Waals surface area contributed by atoms with Gasteiger partial charge in [-0.05, 0) is 27.5 Å². The fourth-order valence-electron chi connectivity index (χ4n) is 4.09. The third-order valence-electron chi connectivity index (χ3n) is 6.17. The lowest BCUT2D eigenvalue weighted by molar-refractivity contribution is -0.306. The van der Waals surface area contributed by atoms with E-state index in [-0.39, 0.29) is 23.9 Å². The lowest BCUT2D eigenvalue weighted by Crippen LogP contribution is -2.43. The van der Waals surface area contributed by atoms with E-state index in [1.54, 1.807) is 0 Å². The van der Waals surface area contributed by atoms with E-state index in [1.807, 2.05) is 9.80 Å². The van der Waals surface area contributed by atoms with Crippen LogP contribution in [-0.2, 0) is 27.0 Å². The number of rotatable bonds is 6. The monoisotopic (exact) mass is 478 g/mol. The minimum atomic E-state index is -1.11. The van der Waals surface area contributed by atoms with Gasteiger partial charge in [0.2, 0.25) is 0 Å². The Bertz CT molecular complexity index is 817. The topological polar surface area (TPSA) is 87.2 Å². The SMILES string of the molecule is CC(C)(C)c1cc(CN2CCN(CC(=O)[O-])CCN(CC(=O)O)CC2)c(S)c(C(C)(C)C)c1. The second kappa shape index (κ2) is 11.2. The lowest BCUT2D eigenvalue weighted by atomic mass is 9.79.